The van der Waals surface area contributed by atoms with Gasteiger partial charge < -0.3 is 9.73 Å². The Hall–Kier alpha value is -2.39. The van der Waals surface area contributed by atoms with Crippen molar-refractivity contribution >= 4 is 23.4 Å². The number of carbonyl (C=O) groups excluding carboxylic acids is 1. The lowest BCUT2D eigenvalue weighted by molar-refractivity contribution is -0.120. The molecule has 0 saturated heterocycles. The van der Waals surface area contributed by atoms with E-state index in [1.165, 1.54) is 11.8 Å². The molecule has 0 radical (unpaired) electrons. The molecule has 0 aliphatic heterocycles. The summed E-state index contributed by atoms with van der Waals surface area (Å²) in [5.41, 5.74) is 2.57. The number of fused-ring (bicyclic) bond motifs is 1. The average molecular weight is 417 g/mol. The van der Waals surface area contributed by atoms with Crippen LogP contribution in [-0.2, 0) is 11.2 Å². The third-order valence-electron chi connectivity index (χ3n) is 5.17. The van der Waals surface area contributed by atoms with Gasteiger partial charge in [-0.15, -0.1) is 5.10 Å². The van der Waals surface area contributed by atoms with Gasteiger partial charge in [-0.05, 0) is 45.3 Å². The summed E-state index contributed by atoms with van der Waals surface area (Å²) in [6, 6.07) is 3.84. The maximum absolute atomic E-state index is 12.8. The Kier molecular flexibility index (Phi) is 6.92. The summed E-state index contributed by atoms with van der Waals surface area (Å²) in [5, 5.41) is 8.19. The average Bonchev–Trinajstić information content (AvgIpc) is 3.38. The van der Waals surface area contributed by atoms with Crippen LogP contribution in [0, 0.1) is 13.8 Å². The summed E-state index contributed by atoms with van der Waals surface area (Å²) in [6.45, 7) is 10.3. The van der Waals surface area contributed by atoms with Gasteiger partial charge in [0.15, 0.2) is 0 Å². The number of hydrogen-bond donors (Lipinski definition) is 1. The van der Waals surface area contributed by atoms with Crippen LogP contribution in [0.3, 0.4) is 0 Å². The topological polar surface area (TPSA) is 88.6 Å². The highest BCUT2D eigenvalue weighted by molar-refractivity contribution is 7.98. The molecule has 3 rings (SSSR count). The standard InChI is InChI=1S/C20H28N6O2S/c1-6-25(7-2)16(17-9-8-10-28-17)12-21-18(27)11-15-13(3)22-19-23-20(29-5)24-26(19)14(15)4/h8-10,16H,6-7,11-12H2,1-5H3,(H,21,27). The quantitative estimate of drug-likeness (QED) is 0.537. The van der Waals surface area contributed by atoms with Crippen molar-refractivity contribution in [2.24, 2.45) is 0 Å². The van der Waals surface area contributed by atoms with Crippen LogP contribution in [0.2, 0.25) is 0 Å². The molecule has 0 aliphatic rings. The third-order valence-corrected chi connectivity index (χ3v) is 5.70. The molecule has 1 atom stereocenters. The molecule has 0 aliphatic carbocycles. The molecule has 1 amide bonds. The highest BCUT2D eigenvalue weighted by Gasteiger charge is 2.22. The second-order valence-corrected chi connectivity index (χ2v) is 7.58. The van der Waals surface area contributed by atoms with Crippen molar-refractivity contribution in [3.05, 3.63) is 41.1 Å². The zero-order valence-electron chi connectivity index (χ0n) is 17.6. The number of thioether (sulfide) groups is 1. The van der Waals surface area contributed by atoms with Crippen LogP contribution in [0.15, 0.2) is 28.0 Å². The molecule has 0 aromatic carbocycles. The van der Waals surface area contributed by atoms with Crippen molar-refractivity contribution in [3.8, 4) is 0 Å². The molecule has 8 nitrogen and oxygen atoms in total. The zero-order chi connectivity index (χ0) is 21.0. The molecule has 3 aromatic heterocycles. The van der Waals surface area contributed by atoms with Crippen LogP contribution >= 0.6 is 11.8 Å². The maximum Gasteiger partial charge on any atom is 0.253 e. The number of rotatable bonds is 9. The number of hydrogen-bond acceptors (Lipinski definition) is 7. The van der Waals surface area contributed by atoms with Crippen LogP contribution < -0.4 is 5.32 Å². The lowest BCUT2D eigenvalue weighted by atomic mass is 10.1. The van der Waals surface area contributed by atoms with E-state index in [4.69, 9.17) is 4.42 Å². The highest BCUT2D eigenvalue weighted by atomic mass is 32.2. The first-order valence-corrected chi connectivity index (χ1v) is 11.0. The van der Waals surface area contributed by atoms with Crippen molar-refractivity contribution < 1.29 is 9.21 Å². The summed E-state index contributed by atoms with van der Waals surface area (Å²) < 4.78 is 7.32. The number of amides is 1. The van der Waals surface area contributed by atoms with Gasteiger partial charge in [-0.3, -0.25) is 9.69 Å². The molecule has 0 fully saturated rings. The van der Waals surface area contributed by atoms with Crippen LogP contribution in [0.25, 0.3) is 5.78 Å². The number of likely N-dealkylation sites (N-methyl/N-ethyl adjacent to an activating group) is 1. The van der Waals surface area contributed by atoms with Gasteiger partial charge in [0.2, 0.25) is 11.1 Å². The molecular formula is C20H28N6O2S. The molecular weight excluding hydrogens is 388 g/mol. The monoisotopic (exact) mass is 416 g/mol. The number of nitrogens with zero attached hydrogens (tertiary/aromatic N) is 5. The smallest absolute Gasteiger partial charge is 0.253 e. The Bertz CT molecular complexity index is 965. The van der Waals surface area contributed by atoms with E-state index >= 15 is 0 Å². The second kappa shape index (κ2) is 9.41. The van der Waals surface area contributed by atoms with Gasteiger partial charge in [-0.25, -0.2) is 9.50 Å². The summed E-state index contributed by atoms with van der Waals surface area (Å²) in [7, 11) is 0. The zero-order valence-corrected chi connectivity index (χ0v) is 18.4. The Labute approximate surface area is 175 Å². The van der Waals surface area contributed by atoms with Crippen molar-refractivity contribution in [3.63, 3.8) is 0 Å². The van der Waals surface area contributed by atoms with Crippen LogP contribution in [0.1, 0.15) is 42.6 Å². The summed E-state index contributed by atoms with van der Waals surface area (Å²) >= 11 is 1.47. The fourth-order valence-corrected chi connectivity index (χ4v) is 3.86. The first-order valence-electron chi connectivity index (χ1n) is 9.79. The number of carbonyl (C=O) groups is 1. The normalized spacial score (nSPS) is 12.6. The lowest BCUT2D eigenvalue weighted by Crippen LogP contribution is -2.38. The molecule has 156 valence electrons. The molecule has 0 saturated carbocycles. The van der Waals surface area contributed by atoms with E-state index < -0.39 is 0 Å². The summed E-state index contributed by atoms with van der Waals surface area (Å²) in [6.07, 6.45) is 3.84. The first kappa shape index (κ1) is 21.3. The number of aromatic nitrogens is 4. The highest BCUT2D eigenvalue weighted by Crippen LogP contribution is 2.21. The van der Waals surface area contributed by atoms with Crippen LogP contribution in [0.4, 0.5) is 0 Å². The third kappa shape index (κ3) is 4.62. The minimum atomic E-state index is -0.0498. The first-order chi connectivity index (χ1) is 14.0. The largest absolute Gasteiger partial charge is 0.468 e. The molecule has 0 spiro atoms. The fourth-order valence-electron chi connectivity index (χ4n) is 3.52. The fraction of sp³-hybridized carbons (Fsp3) is 0.500. The SMILES string of the molecule is CCN(CC)C(CNC(=O)Cc1c(C)nc2nc(SC)nn2c1C)c1ccco1. The Morgan fingerprint density at radius 3 is 2.69 bits per heavy atom. The Morgan fingerprint density at radius 2 is 2.07 bits per heavy atom. The molecule has 1 N–H and O–H groups in total. The van der Waals surface area contributed by atoms with Gasteiger partial charge in [-0.1, -0.05) is 25.6 Å². The van der Waals surface area contributed by atoms with E-state index in [9.17, 15) is 4.79 Å². The lowest BCUT2D eigenvalue weighted by Gasteiger charge is -2.28. The number of furan rings is 1. The Balaban J connectivity index is 1.74. The Morgan fingerprint density at radius 1 is 1.31 bits per heavy atom. The summed E-state index contributed by atoms with van der Waals surface area (Å²) in [4.78, 5) is 23.9. The van der Waals surface area contributed by atoms with Crippen molar-refractivity contribution in [1.82, 2.24) is 29.8 Å². The van der Waals surface area contributed by atoms with Crippen molar-refractivity contribution in [2.75, 3.05) is 25.9 Å². The molecule has 0 bridgehead atoms. The van der Waals surface area contributed by atoms with Crippen molar-refractivity contribution in [2.45, 2.75) is 45.3 Å². The van der Waals surface area contributed by atoms with Gasteiger partial charge >= 0.3 is 0 Å². The summed E-state index contributed by atoms with van der Waals surface area (Å²) in [5.74, 6) is 1.37. The van der Waals surface area contributed by atoms with E-state index in [1.54, 1.807) is 10.8 Å². The number of nitrogens with one attached hydrogen (secondary N) is 1. The van der Waals surface area contributed by atoms with Gasteiger partial charge in [0, 0.05) is 23.5 Å². The molecule has 29 heavy (non-hydrogen) atoms. The van der Waals surface area contributed by atoms with Gasteiger partial charge in [0.05, 0.1) is 18.7 Å². The second-order valence-electron chi connectivity index (χ2n) is 6.80. The van der Waals surface area contributed by atoms with E-state index in [2.05, 4.69) is 39.1 Å². The minimum absolute atomic E-state index is 0.00574. The molecule has 3 aromatic rings. The molecule has 3 heterocycles. The molecule has 1 unspecified atom stereocenters. The van der Waals surface area contributed by atoms with Crippen LogP contribution in [-0.4, -0.2) is 56.3 Å². The molecule has 9 heteroatoms. The van der Waals surface area contributed by atoms with E-state index in [0.29, 0.717) is 17.5 Å². The minimum Gasteiger partial charge on any atom is -0.468 e. The van der Waals surface area contributed by atoms with Crippen LogP contribution in [0.5, 0.6) is 0 Å². The van der Waals surface area contributed by atoms with Gasteiger partial charge in [-0.2, -0.15) is 4.98 Å². The van der Waals surface area contributed by atoms with E-state index in [0.717, 1.165) is 35.8 Å². The van der Waals surface area contributed by atoms with E-state index in [1.807, 2.05) is 32.2 Å². The predicted molar refractivity (Wildman–Crippen MR) is 113 cm³/mol. The van der Waals surface area contributed by atoms with Crippen molar-refractivity contribution in [1.29, 1.82) is 0 Å². The van der Waals surface area contributed by atoms with E-state index in [-0.39, 0.29) is 18.4 Å². The van der Waals surface area contributed by atoms with Gasteiger partial charge in [0.25, 0.3) is 5.78 Å². The van der Waals surface area contributed by atoms with Gasteiger partial charge in [0.1, 0.15) is 5.76 Å². The maximum atomic E-state index is 12.8. The predicted octanol–water partition coefficient (Wildman–Crippen LogP) is 2.80. The number of aryl methyl sites for hydroxylation is 2.